The van der Waals surface area contributed by atoms with Gasteiger partial charge in [-0.25, -0.2) is 0 Å². The van der Waals surface area contributed by atoms with Gasteiger partial charge in [0.05, 0.1) is 6.10 Å². The van der Waals surface area contributed by atoms with Crippen LogP contribution in [0.4, 0.5) is 0 Å². The van der Waals surface area contributed by atoms with Gasteiger partial charge in [0.15, 0.2) is 0 Å². The summed E-state index contributed by atoms with van der Waals surface area (Å²) in [5.74, 6) is -0.633. The van der Waals surface area contributed by atoms with Crippen LogP contribution in [0.2, 0.25) is 0 Å². The molecule has 0 amide bonds. The molecule has 0 spiro atoms. The Morgan fingerprint density at radius 1 is 0.510 bits per heavy atom. The lowest BCUT2D eigenvalue weighted by Crippen LogP contribution is -2.25. The van der Waals surface area contributed by atoms with Crippen molar-refractivity contribution in [3.05, 3.63) is 36.5 Å². The second kappa shape index (κ2) is 38.9. The summed E-state index contributed by atoms with van der Waals surface area (Å²) < 4.78 is 10.3. The number of ether oxygens (including phenoxy) is 2. The van der Waals surface area contributed by atoms with Crippen molar-refractivity contribution in [1.29, 1.82) is 0 Å². The van der Waals surface area contributed by atoms with Gasteiger partial charge < -0.3 is 19.7 Å². The Kier molecular flexibility index (Phi) is 37.4. The van der Waals surface area contributed by atoms with Crippen molar-refractivity contribution in [2.24, 2.45) is 0 Å². The third-order valence-electron chi connectivity index (χ3n) is 8.99. The van der Waals surface area contributed by atoms with Crippen molar-refractivity contribution < 1.29 is 29.3 Å². The molecule has 0 radical (unpaired) electrons. The Morgan fingerprint density at radius 3 is 1.35 bits per heavy atom. The van der Waals surface area contributed by atoms with E-state index in [2.05, 4.69) is 32.1 Å². The van der Waals surface area contributed by atoms with E-state index >= 15 is 0 Å². The van der Waals surface area contributed by atoms with Gasteiger partial charge in [-0.2, -0.15) is 0 Å². The van der Waals surface area contributed by atoms with Gasteiger partial charge in [0.25, 0.3) is 0 Å². The van der Waals surface area contributed by atoms with E-state index in [1.54, 1.807) is 0 Å². The second-order valence-corrected chi connectivity index (χ2v) is 13.9. The van der Waals surface area contributed by atoms with Crippen LogP contribution in [0.15, 0.2) is 36.5 Å². The Bertz CT molecular complexity index is 804. The van der Waals surface area contributed by atoms with Gasteiger partial charge in [0.1, 0.15) is 19.3 Å². The number of carbonyl (C=O) groups excluding carboxylic acids is 2. The van der Waals surface area contributed by atoms with E-state index in [9.17, 15) is 19.8 Å². The minimum Gasteiger partial charge on any atom is -0.463 e. The Labute approximate surface area is 302 Å². The van der Waals surface area contributed by atoms with Crippen LogP contribution in [0.5, 0.6) is 0 Å². The maximum atomic E-state index is 12.0. The Morgan fingerprint density at radius 2 is 0.918 bits per heavy atom. The maximum Gasteiger partial charge on any atom is 0.305 e. The molecule has 2 N–H and O–H groups in total. The molecule has 0 bridgehead atoms. The van der Waals surface area contributed by atoms with Gasteiger partial charge >= 0.3 is 11.9 Å². The van der Waals surface area contributed by atoms with E-state index in [0.717, 1.165) is 70.6 Å². The van der Waals surface area contributed by atoms with Gasteiger partial charge in [-0.15, -0.1) is 0 Å². The highest BCUT2D eigenvalue weighted by Gasteiger charge is 2.12. The van der Waals surface area contributed by atoms with Crippen molar-refractivity contribution in [2.75, 3.05) is 13.2 Å². The largest absolute Gasteiger partial charge is 0.463 e. The minimum atomic E-state index is -0.994. The van der Waals surface area contributed by atoms with Gasteiger partial charge in [0, 0.05) is 12.8 Å². The second-order valence-electron chi connectivity index (χ2n) is 13.9. The van der Waals surface area contributed by atoms with Crippen LogP contribution in [0.1, 0.15) is 200 Å². The molecule has 0 saturated carbocycles. The van der Waals surface area contributed by atoms with Crippen molar-refractivity contribution in [3.63, 3.8) is 0 Å². The SMILES string of the molecule is CC/C=C/C/C=C/C=C/C(O)CCCCCCCC(=O)OC[C@H](O)COC(=O)CCCCCCCCCCCCCCCCCCCCC. The molecule has 1 unspecified atom stereocenters. The summed E-state index contributed by atoms with van der Waals surface area (Å²) in [5, 5.41) is 20.1. The highest BCUT2D eigenvalue weighted by Crippen LogP contribution is 2.15. The lowest BCUT2D eigenvalue weighted by Gasteiger charge is -2.12. The van der Waals surface area contributed by atoms with Crippen molar-refractivity contribution in [3.8, 4) is 0 Å². The molecule has 2 atom stereocenters. The summed E-state index contributed by atoms with van der Waals surface area (Å²) in [6, 6.07) is 0. The first-order chi connectivity index (χ1) is 24.0. The predicted molar refractivity (Wildman–Crippen MR) is 207 cm³/mol. The zero-order chi connectivity index (χ0) is 35.9. The zero-order valence-corrected chi connectivity index (χ0v) is 32.1. The molecule has 0 aromatic heterocycles. The molecule has 0 aromatic rings. The van der Waals surface area contributed by atoms with Gasteiger partial charge in [0.2, 0.25) is 0 Å². The number of hydrogen-bond acceptors (Lipinski definition) is 6. The monoisotopic (exact) mass is 691 g/mol. The summed E-state index contributed by atoms with van der Waals surface area (Å²) in [7, 11) is 0. The van der Waals surface area contributed by atoms with Crippen LogP contribution in [-0.2, 0) is 19.1 Å². The Hall–Kier alpha value is -1.92. The average molecular weight is 691 g/mol. The molecule has 0 rings (SSSR count). The van der Waals surface area contributed by atoms with Crippen molar-refractivity contribution in [1.82, 2.24) is 0 Å². The van der Waals surface area contributed by atoms with Gasteiger partial charge in [-0.05, 0) is 32.1 Å². The molecule has 0 aliphatic heterocycles. The topological polar surface area (TPSA) is 93.1 Å². The summed E-state index contributed by atoms with van der Waals surface area (Å²) in [4.78, 5) is 24.0. The lowest BCUT2D eigenvalue weighted by atomic mass is 10.0. The van der Waals surface area contributed by atoms with E-state index in [1.807, 2.05) is 18.2 Å². The standard InChI is InChI=1S/C43H78O6/c1-3-5-7-9-11-12-13-14-15-16-17-18-19-20-21-22-24-28-32-36-42(46)48-38-41(45)39-49-43(47)37-33-29-25-27-31-35-40(44)34-30-26-23-10-8-6-4-2/h6,8,23,26,30,34,40-41,44-45H,3-5,7,9-22,24-25,27-29,31-33,35-39H2,1-2H3/b8-6+,26-23+,34-30+/t40?,41-/m1/s1. The number of rotatable bonds is 37. The smallest absolute Gasteiger partial charge is 0.305 e. The number of aliphatic hydroxyl groups is 2. The quantitative estimate of drug-likeness (QED) is 0.0292. The molecule has 49 heavy (non-hydrogen) atoms. The fourth-order valence-electron chi connectivity index (χ4n) is 5.86. The molecule has 0 aliphatic rings. The van der Waals surface area contributed by atoms with Crippen molar-refractivity contribution in [2.45, 2.75) is 212 Å². The average Bonchev–Trinajstić information content (AvgIpc) is 3.10. The number of carbonyl (C=O) groups is 2. The van der Waals surface area contributed by atoms with Crippen LogP contribution in [0.25, 0.3) is 0 Å². The molecule has 6 heteroatoms. The number of allylic oxidation sites excluding steroid dienone is 5. The summed E-state index contributed by atoms with van der Waals surface area (Å²) >= 11 is 0. The van der Waals surface area contributed by atoms with E-state index in [1.165, 1.54) is 103 Å². The fourth-order valence-corrected chi connectivity index (χ4v) is 5.86. The molecule has 6 nitrogen and oxygen atoms in total. The molecule has 0 aromatic carbocycles. The molecule has 0 heterocycles. The third-order valence-corrected chi connectivity index (χ3v) is 8.99. The number of aliphatic hydroxyl groups excluding tert-OH is 2. The lowest BCUT2D eigenvalue weighted by molar-refractivity contribution is -0.152. The van der Waals surface area contributed by atoms with E-state index in [4.69, 9.17) is 9.47 Å². The number of esters is 2. The first kappa shape index (κ1) is 47.1. The first-order valence-corrected chi connectivity index (χ1v) is 20.6. The summed E-state index contributed by atoms with van der Waals surface area (Å²) in [5.41, 5.74) is 0. The molecule has 0 saturated heterocycles. The van der Waals surface area contributed by atoms with Crippen molar-refractivity contribution >= 4 is 11.9 Å². The number of unbranched alkanes of at least 4 members (excludes halogenated alkanes) is 22. The highest BCUT2D eigenvalue weighted by atomic mass is 16.6. The first-order valence-electron chi connectivity index (χ1n) is 20.6. The third kappa shape index (κ3) is 38.7. The van der Waals surface area contributed by atoms with E-state index in [-0.39, 0.29) is 25.2 Å². The molecule has 0 aliphatic carbocycles. The van der Waals surface area contributed by atoms with E-state index in [0.29, 0.717) is 12.8 Å². The highest BCUT2D eigenvalue weighted by molar-refractivity contribution is 5.69. The van der Waals surface area contributed by atoms with Crippen LogP contribution in [-0.4, -0.2) is 47.6 Å². The predicted octanol–water partition coefficient (Wildman–Crippen LogP) is 11.8. The van der Waals surface area contributed by atoms with Gasteiger partial charge in [-0.3, -0.25) is 9.59 Å². The molecular weight excluding hydrogens is 612 g/mol. The van der Waals surface area contributed by atoms with Crippen LogP contribution in [0, 0.1) is 0 Å². The van der Waals surface area contributed by atoms with Crippen LogP contribution < -0.4 is 0 Å². The normalized spacial score (nSPS) is 13.1. The maximum absolute atomic E-state index is 12.0. The Balaban J connectivity index is 3.47. The minimum absolute atomic E-state index is 0.140. The summed E-state index contributed by atoms with van der Waals surface area (Å²) in [6.45, 7) is 4.10. The van der Waals surface area contributed by atoms with Crippen LogP contribution in [0.3, 0.4) is 0 Å². The van der Waals surface area contributed by atoms with Gasteiger partial charge in [-0.1, -0.05) is 192 Å². The molecular formula is C43H78O6. The molecule has 286 valence electrons. The molecule has 0 fully saturated rings. The van der Waals surface area contributed by atoms with Crippen LogP contribution >= 0.6 is 0 Å². The summed E-state index contributed by atoms with van der Waals surface area (Å²) in [6.07, 6.45) is 43.7. The zero-order valence-electron chi connectivity index (χ0n) is 32.1. The van der Waals surface area contributed by atoms with E-state index < -0.39 is 12.2 Å². The fraction of sp³-hybridized carbons (Fsp3) is 0.814. The number of hydrogen-bond donors (Lipinski definition) is 2.